The van der Waals surface area contributed by atoms with Crippen LogP contribution in [0.4, 0.5) is 0 Å². The molecule has 18 nitrogen and oxygen atoms in total. The van der Waals surface area contributed by atoms with Gasteiger partial charge < -0.3 is 9.47 Å². The molecule has 60 heavy (non-hydrogen) atoms. The molecule has 4 aliphatic rings. The van der Waals surface area contributed by atoms with E-state index in [2.05, 4.69) is 0 Å². The van der Waals surface area contributed by atoms with Gasteiger partial charge in [-0.25, -0.2) is 0 Å². The SMILES string of the molecule is CC(OC(O[P+](=O)CCCCCC[P+](=O)OC(OC(C)S(=O)(=O)OC1CCCCC1)S(=O)(=O)OC1CCCCC1)S(=O)(=O)OC1CCCCC1)S(=O)(=O)OC1CCCCC1. The van der Waals surface area contributed by atoms with Gasteiger partial charge in [0, 0.05) is 0 Å². The third-order valence-electron chi connectivity index (χ3n) is 11.0. The smallest absolute Gasteiger partial charge is 0.313 e. The van der Waals surface area contributed by atoms with Crippen LogP contribution < -0.4 is 0 Å². The van der Waals surface area contributed by atoms with Gasteiger partial charge >= 0.3 is 47.5 Å². The molecule has 0 aromatic rings. The summed E-state index contributed by atoms with van der Waals surface area (Å²) in [7, 11) is -23.6. The summed E-state index contributed by atoms with van der Waals surface area (Å²) in [5.41, 5.74) is -8.14. The predicted octanol–water partition coefficient (Wildman–Crippen LogP) is 8.07. The minimum Gasteiger partial charge on any atom is -0.313 e. The molecule has 6 unspecified atom stereocenters. The van der Waals surface area contributed by atoms with E-state index in [1.165, 1.54) is 0 Å². The molecule has 0 heterocycles. The van der Waals surface area contributed by atoms with Gasteiger partial charge in [-0.3, -0.25) is 16.7 Å². The Bertz CT molecular complexity index is 1640. The molecule has 350 valence electrons. The van der Waals surface area contributed by atoms with Crippen LogP contribution in [-0.2, 0) is 84.9 Å². The van der Waals surface area contributed by atoms with Gasteiger partial charge in [-0.1, -0.05) is 86.1 Å². The molecule has 24 heteroatoms. The van der Waals surface area contributed by atoms with Crippen molar-refractivity contribution in [1.29, 1.82) is 0 Å². The van der Waals surface area contributed by atoms with Crippen LogP contribution in [0.2, 0.25) is 0 Å². The maximum absolute atomic E-state index is 13.3. The number of ether oxygens (including phenoxy) is 2. The minimum atomic E-state index is -4.70. The molecular formula is C36H66O18P2S4+2. The molecule has 0 aromatic heterocycles. The standard InChI is InChI=1S/C36H66O18P2S4/c1-29(57(39,40)51-31-19-9-5-10-20-31)47-35(59(43,44)53-33-23-13-7-14-24-33)49-55(37)27-17-3-4-18-28-56(38)50-36(60(45,46)54-34-25-15-8-16-26-34)48-30(2)58(41,42)52-32-21-11-6-12-22-32/h29-36H,3-28H2,1-2H3/q+2. The summed E-state index contributed by atoms with van der Waals surface area (Å²) < 4.78 is 174. The van der Waals surface area contributed by atoms with Crippen LogP contribution in [0, 0.1) is 0 Å². The Kier molecular flexibility index (Phi) is 22.1. The first-order chi connectivity index (χ1) is 28.4. The fourth-order valence-electron chi connectivity index (χ4n) is 7.52. The molecule has 0 saturated heterocycles. The highest BCUT2D eigenvalue weighted by Gasteiger charge is 2.45. The normalized spacial score (nSPS) is 22.8. The van der Waals surface area contributed by atoms with Crippen LogP contribution in [-0.4, -0.2) is 92.5 Å². The molecular weight excluding hydrogens is 911 g/mol. The average Bonchev–Trinajstić information content (AvgIpc) is 3.19. The molecule has 0 amide bonds. The molecule has 0 aliphatic heterocycles. The van der Waals surface area contributed by atoms with E-state index < -0.39 is 103 Å². The van der Waals surface area contributed by atoms with Gasteiger partial charge in [-0.2, -0.15) is 33.7 Å². The van der Waals surface area contributed by atoms with Crippen LogP contribution in [0.1, 0.15) is 168 Å². The maximum Gasteiger partial charge on any atom is 0.511 e. The zero-order valence-electron chi connectivity index (χ0n) is 34.9. The third kappa shape index (κ3) is 18.3. The van der Waals surface area contributed by atoms with Gasteiger partial charge in [0.1, 0.15) is 0 Å². The Balaban J connectivity index is 1.28. The number of unbranched alkanes of at least 4 members (excludes halogenated alkanes) is 3. The highest BCUT2D eigenvalue weighted by Crippen LogP contribution is 2.36. The monoisotopic (exact) mass is 976 g/mol. The van der Waals surface area contributed by atoms with Crippen LogP contribution in [0.5, 0.6) is 0 Å². The third-order valence-corrected chi connectivity index (χ3v) is 18.9. The highest BCUT2D eigenvalue weighted by molar-refractivity contribution is 7.88. The van der Waals surface area contributed by atoms with Crippen molar-refractivity contribution in [3.63, 3.8) is 0 Å². The molecule has 4 rings (SSSR count). The minimum absolute atomic E-state index is 0.127. The second kappa shape index (κ2) is 25.4. The Morgan fingerprint density at radius 2 is 0.650 bits per heavy atom. The maximum atomic E-state index is 13.3. The predicted molar refractivity (Wildman–Crippen MR) is 222 cm³/mol. The van der Waals surface area contributed by atoms with Crippen LogP contribution in [0.15, 0.2) is 0 Å². The average molecular weight is 977 g/mol. The molecule has 4 saturated carbocycles. The van der Waals surface area contributed by atoms with Crippen molar-refractivity contribution in [3.05, 3.63) is 0 Å². The largest absolute Gasteiger partial charge is 0.511 e. The molecule has 0 N–H and O–H groups in total. The summed E-state index contributed by atoms with van der Waals surface area (Å²) in [5, 5.41) is 0. The fraction of sp³-hybridized carbons (Fsp3) is 1.00. The van der Waals surface area contributed by atoms with Gasteiger partial charge in [0.2, 0.25) is 0 Å². The van der Waals surface area contributed by atoms with E-state index in [-0.39, 0.29) is 25.2 Å². The first-order valence-corrected chi connectivity index (χ1v) is 30.2. The van der Waals surface area contributed by atoms with Crippen molar-refractivity contribution in [2.75, 3.05) is 12.3 Å². The quantitative estimate of drug-likeness (QED) is 0.0327. The van der Waals surface area contributed by atoms with E-state index in [4.69, 9.17) is 35.3 Å². The van der Waals surface area contributed by atoms with Crippen molar-refractivity contribution < 1.29 is 78.1 Å². The summed E-state index contributed by atoms with van der Waals surface area (Å²) in [6.07, 6.45) is 12.7. The van der Waals surface area contributed by atoms with E-state index in [9.17, 15) is 42.8 Å². The zero-order valence-corrected chi connectivity index (χ0v) is 39.9. The van der Waals surface area contributed by atoms with Gasteiger partial charge in [0.25, 0.3) is 20.2 Å². The number of hydrogen-bond donors (Lipinski definition) is 0. The van der Waals surface area contributed by atoms with E-state index in [0.29, 0.717) is 64.2 Å². The molecule has 4 aliphatic carbocycles. The molecule has 0 spiro atoms. The fourth-order valence-corrected chi connectivity index (χ4v) is 14.6. The number of hydrogen-bond acceptors (Lipinski definition) is 18. The first-order valence-electron chi connectivity index (χ1n) is 21.6. The van der Waals surface area contributed by atoms with Gasteiger partial charge in [0.15, 0.2) is 23.2 Å². The topological polar surface area (TPSA) is 245 Å². The summed E-state index contributed by atoms with van der Waals surface area (Å²) in [5.74, 6) is 0. The van der Waals surface area contributed by atoms with Gasteiger partial charge in [-0.15, -0.1) is 0 Å². The lowest BCUT2D eigenvalue weighted by molar-refractivity contribution is -0.0431. The van der Waals surface area contributed by atoms with E-state index in [1.807, 2.05) is 0 Å². The molecule has 4 fully saturated rings. The molecule has 0 bridgehead atoms. The summed E-state index contributed by atoms with van der Waals surface area (Å²) in [6.45, 7) is 2.24. The van der Waals surface area contributed by atoms with Crippen molar-refractivity contribution in [3.8, 4) is 0 Å². The second-order valence-electron chi connectivity index (χ2n) is 16.1. The molecule has 6 atom stereocenters. The Labute approximate surface area is 359 Å². The number of rotatable bonds is 27. The summed E-state index contributed by atoms with van der Waals surface area (Å²) in [6, 6.07) is 0. The highest BCUT2D eigenvalue weighted by atomic mass is 32.2. The first kappa shape index (κ1) is 52.3. The second-order valence-corrected chi connectivity index (χ2v) is 25.6. The Morgan fingerprint density at radius 3 is 0.917 bits per heavy atom. The van der Waals surface area contributed by atoms with Gasteiger partial charge in [0.05, 0.1) is 24.4 Å². The summed E-state index contributed by atoms with van der Waals surface area (Å²) >= 11 is 0. The van der Waals surface area contributed by atoms with Gasteiger partial charge in [-0.05, 0) is 100 Å². The van der Waals surface area contributed by atoms with Crippen molar-refractivity contribution in [2.45, 2.75) is 214 Å². The van der Waals surface area contributed by atoms with E-state index >= 15 is 0 Å². The van der Waals surface area contributed by atoms with E-state index in [0.717, 1.165) is 90.9 Å². The van der Waals surface area contributed by atoms with Crippen LogP contribution in [0.25, 0.3) is 0 Å². The Hall–Kier alpha value is -0.320. The Morgan fingerprint density at radius 1 is 0.400 bits per heavy atom. The van der Waals surface area contributed by atoms with Crippen LogP contribution in [0.3, 0.4) is 0 Å². The van der Waals surface area contributed by atoms with Crippen molar-refractivity contribution in [2.24, 2.45) is 0 Å². The lowest BCUT2D eigenvalue weighted by Crippen LogP contribution is -2.38. The van der Waals surface area contributed by atoms with Crippen molar-refractivity contribution in [1.82, 2.24) is 0 Å². The lowest BCUT2D eigenvalue weighted by atomic mass is 9.98. The van der Waals surface area contributed by atoms with Crippen LogP contribution >= 0.6 is 16.1 Å². The van der Waals surface area contributed by atoms with E-state index in [1.54, 1.807) is 0 Å². The lowest BCUT2D eigenvalue weighted by Gasteiger charge is -2.26. The zero-order chi connectivity index (χ0) is 43.8. The molecule has 0 aromatic carbocycles. The summed E-state index contributed by atoms with van der Waals surface area (Å²) in [4.78, 5) is 0. The van der Waals surface area contributed by atoms with Crippen molar-refractivity contribution >= 4 is 56.5 Å². The molecule has 0 radical (unpaired) electrons.